The smallest absolute Gasteiger partial charge is 0.346 e. The molecule has 2 N–H and O–H groups in total. The number of amides is 1. The highest BCUT2D eigenvalue weighted by molar-refractivity contribution is 9.10. The van der Waals surface area contributed by atoms with Crippen LogP contribution in [-0.2, 0) is 17.7 Å². The Hall–Kier alpha value is -2.37. The molecular formula is C19H23BrN6O3S. The van der Waals surface area contributed by atoms with E-state index >= 15 is 0 Å². The molecule has 0 aliphatic carbocycles. The van der Waals surface area contributed by atoms with Gasteiger partial charge in [0, 0.05) is 29.2 Å². The zero-order valence-corrected chi connectivity index (χ0v) is 19.4. The Morgan fingerprint density at radius 2 is 1.93 bits per heavy atom. The summed E-state index contributed by atoms with van der Waals surface area (Å²) >= 11 is 1.93. The zero-order valence-electron chi connectivity index (χ0n) is 17.0. The zero-order chi connectivity index (χ0) is 22.0. The van der Waals surface area contributed by atoms with Gasteiger partial charge in [-0.05, 0) is 31.0 Å². The van der Waals surface area contributed by atoms with Gasteiger partial charge in [0.05, 0.1) is 6.54 Å². The molecular weight excluding hydrogens is 472 g/mol. The standard InChI is InChI=1S/C19H23BrN6O3S/c1-4-10-24(3)18(27)26-14-15(21)22-17(30(29)5-2)23-16(14)25(19(26)28)11-12-6-8-13(20)9-7-12/h6-9H,4-5,10-11H2,1-3H3,(H2,21,22,23)/t30-/m0/s1. The van der Waals surface area contributed by atoms with Crippen LogP contribution in [0.25, 0.3) is 11.2 Å². The summed E-state index contributed by atoms with van der Waals surface area (Å²) in [7, 11) is 1.62. The molecule has 0 unspecified atom stereocenters. The Kier molecular flexibility index (Phi) is 6.84. The summed E-state index contributed by atoms with van der Waals surface area (Å²) in [6, 6.07) is 6.93. The monoisotopic (exact) mass is 494 g/mol. The van der Waals surface area contributed by atoms with Gasteiger partial charge >= 0.3 is 16.9 Å². The molecule has 3 rings (SSSR count). The van der Waals surface area contributed by atoms with Crippen LogP contribution < -0.4 is 11.4 Å². The topological polar surface area (TPSA) is 122 Å². The van der Waals surface area contributed by atoms with E-state index in [1.165, 1.54) is 9.47 Å². The van der Waals surface area contributed by atoms with Gasteiger partial charge in [-0.15, -0.1) is 0 Å². The first-order valence-electron chi connectivity index (χ1n) is 9.45. The third-order valence-corrected chi connectivity index (χ3v) is 6.21. The number of halogens is 1. The lowest BCUT2D eigenvalue weighted by Crippen LogP contribution is -2.38. The number of aromatic nitrogens is 4. The number of carbonyl (C=O) groups is 1. The van der Waals surface area contributed by atoms with E-state index in [1.54, 1.807) is 14.0 Å². The molecule has 0 bridgehead atoms. The first-order valence-corrected chi connectivity index (χ1v) is 11.6. The Morgan fingerprint density at radius 3 is 2.53 bits per heavy atom. The average Bonchev–Trinajstić information content (AvgIpc) is 3.00. The van der Waals surface area contributed by atoms with Crippen molar-refractivity contribution in [1.29, 1.82) is 0 Å². The van der Waals surface area contributed by atoms with Crippen molar-refractivity contribution in [1.82, 2.24) is 24.0 Å². The minimum Gasteiger partial charge on any atom is -0.609 e. The van der Waals surface area contributed by atoms with Gasteiger partial charge in [-0.2, -0.15) is 9.97 Å². The molecule has 2 aromatic heterocycles. The van der Waals surface area contributed by atoms with E-state index in [2.05, 4.69) is 25.9 Å². The van der Waals surface area contributed by atoms with E-state index in [-0.39, 0.29) is 28.7 Å². The van der Waals surface area contributed by atoms with Crippen LogP contribution >= 0.6 is 15.9 Å². The lowest BCUT2D eigenvalue weighted by Gasteiger charge is -2.16. The molecule has 0 aliphatic heterocycles. The molecule has 2 heterocycles. The molecule has 0 aliphatic rings. The number of rotatable bonds is 6. The maximum absolute atomic E-state index is 13.3. The number of carbonyl (C=O) groups excluding carboxylic acids is 1. The SMILES string of the molecule is CCCN(C)C(=O)n1c(=O)n(Cc2ccc(Br)cc2)c2nc([S@@+]([O-])CC)nc(N)c21. The fraction of sp³-hybridized carbons (Fsp3) is 0.368. The summed E-state index contributed by atoms with van der Waals surface area (Å²) in [5, 5.41) is 0.0403. The van der Waals surface area contributed by atoms with Crippen molar-refractivity contribution in [3.05, 3.63) is 44.8 Å². The molecule has 3 aromatic rings. The first-order chi connectivity index (χ1) is 14.3. The van der Waals surface area contributed by atoms with E-state index in [0.717, 1.165) is 21.0 Å². The molecule has 30 heavy (non-hydrogen) atoms. The lowest BCUT2D eigenvalue weighted by molar-refractivity contribution is 0.210. The van der Waals surface area contributed by atoms with E-state index in [1.807, 2.05) is 31.2 Å². The van der Waals surface area contributed by atoms with Gasteiger partial charge in [-0.1, -0.05) is 35.0 Å². The van der Waals surface area contributed by atoms with E-state index in [9.17, 15) is 14.1 Å². The number of nitrogens with two attached hydrogens (primary N) is 1. The molecule has 11 heteroatoms. The van der Waals surface area contributed by atoms with Gasteiger partial charge in [0.25, 0.3) is 0 Å². The second kappa shape index (κ2) is 9.19. The van der Waals surface area contributed by atoms with Crippen molar-refractivity contribution in [2.45, 2.75) is 32.0 Å². The van der Waals surface area contributed by atoms with Crippen molar-refractivity contribution in [2.24, 2.45) is 0 Å². The Balaban J connectivity index is 2.25. The number of nitrogens with zero attached hydrogens (tertiary/aromatic N) is 5. The van der Waals surface area contributed by atoms with Gasteiger partial charge in [-0.25, -0.2) is 14.2 Å². The highest BCUT2D eigenvalue weighted by atomic mass is 79.9. The highest BCUT2D eigenvalue weighted by Gasteiger charge is 2.27. The number of benzene rings is 1. The second-order valence-electron chi connectivity index (χ2n) is 6.73. The van der Waals surface area contributed by atoms with Crippen LogP contribution in [-0.4, -0.2) is 53.9 Å². The summed E-state index contributed by atoms with van der Waals surface area (Å²) in [6.07, 6.45) is 0.736. The van der Waals surface area contributed by atoms with Crippen molar-refractivity contribution >= 4 is 50.1 Å². The molecule has 0 spiro atoms. The van der Waals surface area contributed by atoms with Crippen molar-refractivity contribution in [3.63, 3.8) is 0 Å². The van der Waals surface area contributed by atoms with Crippen LogP contribution in [0.3, 0.4) is 0 Å². The predicted octanol–water partition coefficient (Wildman–Crippen LogP) is 2.42. The number of nitrogen functional groups attached to an aromatic ring is 1. The summed E-state index contributed by atoms with van der Waals surface area (Å²) in [6.45, 7) is 4.33. The van der Waals surface area contributed by atoms with E-state index in [0.29, 0.717) is 12.3 Å². The van der Waals surface area contributed by atoms with E-state index in [4.69, 9.17) is 5.73 Å². The average molecular weight is 495 g/mol. The summed E-state index contributed by atoms with van der Waals surface area (Å²) < 4.78 is 15.6. The Morgan fingerprint density at radius 1 is 1.27 bits per heavy atom. The molecule has 160 valence electrons. The van der Waals surface area contributed by atoms with Crippen LogP contribution in [0.15, 0.2) is 38.7 Å². The van der Waals surface area contributed by atoms with Gasteiger partial charge in [0.2, 0.25) is 0 Å². The van der Waals surface area contributed by atoms with E-state index < -0.39 is 22.9 Å². The van der Waals surface area contributed by atoms with Gasteiger partial charge in [0.15, 0.2) is 11.5 Å². The molecule has 0 fully saturated rings. The fourth-order valence-corrected chi connectivity index (χ4v) is 3.98. The quantitative estimate of drug-likeness (QED) is 0.414. The minimum atomic E-state index is -1.46. The number of imidazole rings is 1. The number of anilines is 1. The van der Waals surface area contributed by atoms with Crippen LogP contribution in [0.4, 0.5) is 10.6 Å². The van der Waals surface area contributed by atoms with Crippen molar-refractivity contribution in [2.75, 3.05) is 25.1 Å². The first kappa shape index (κ1) is 22.3. The molecule has 1 aromatic carbocycles. The largest absolute Gasteiger partial charge is 0.609 e. The Labute approximate surface area is 185 Å². The maximum Gasteiger partial charge on any atom is 0.346 e. The van der Waals surface area contributed by atoms with Gasteiger partial charge < -0.3 is 15.2 Å². The third kappa shape index (κ3) is 4.23. The highest BCUT2D eigenvalue weighted by Crippen LogP contribution is 2.21. The van der Waals surface area contributed by atoms with Crippen LogP contribution in [0.2, 0.25) is 0 Å². The van der Waals surface area contributed by atoms with Gasteiger partial charge in [-0.3, -0.25) is 4.57 Å². The molecule has 9 nitrogen and oxygen atoms in total. The molecule has 1 amide bonds. The van der Waals surface area contributed by atoms with Crippen LogP contribution in [0, 0.1) is 0 Å². The minimum absolute atomic E-state index is 0.0403. The maximum atomic E-state index is 13.3. The Bertz CT molecular complexity index is 1130. The number of fused-ring (bicyclic) bond motifs is 1. The third-order valence-electron chi connectivity index (χ3n) is 4.57. The molecule has 0 saturated heterocycles. The molecule has 1 atom stereocenters. The summed E-state index contributed by atoms with van der Waals surface area (Å²) in [4.78, 5) is 36.2. The number of hydrogen-bond donors (Lipinski definition) is 1. The fourth-order valence-electron chi connectivity index (χ4n) is 3.07. The summed E-state index contributed by atoms with van der Waals surface area (Å²) in [5.74, 6) is 0.252. The van der Waals surface area contributed by atoms with Crippen molar-refractivity contribution in [3.8, 4) is 0 Å². The van der Waals surface area contributed by atoms with Crippen LogP contribution in [0.5, 0.6) is 0 Å². The normalized spacial score (nSPS) is 12.3. The van der Waals surface area contributed by atoms with Crippen molar-refractivity contribution < 1.29 is 9.35 Å². The lowest BCUT2D eigenvalue weighted by atomic mass is 10.2. The van der Waals surface area contributed by atoms with Crippen LogP contribution in [0.1, 0.15) is 25.8 Å². The van der Waals surface area contributed by atoms with Gasteiger partial charge in [0.1, 0.15) is 11.3 Å². The second-order valence-corrected chi connectivity index (χ2v) is 9.28. The summed E-state index contributed by atoms with van der Waals surface area (Å²) in [5.41, 5.74) is 6.70. The predicted molar refractivity (Wildman–Crippen MR) is 120 cm³/mol. The molecule has 0 saturated carbocycles. The number of hydrogen-bond acceptors (Lipinski definition) is 6. The molecule has 0 radical (unpaired) electrons.